The van der Waals surface area contributed by atoms with E-state index in [0.29, 0.717) is 12.6 Å². The van der Waals surface area contributed by atoms with E-state index < -0.39 is 6.10 Å². The molecule has 3 nitrogen and oxygen atoms in total. The molecule has 1 atom stereocenters. The summed E-state index contributed by atoms with van der Waals surface area (Å²) in [5.41, 5.74) is 1.97. The monoisotopic (exact) mass is 259 g/mol. The van der Waals surface area contributed by atoms with Crippen molar-refractivity contribution in [3.05, 3.63) is 29.3 Å². The minimum atomic E-state index is -0.530. The Balaban J connectivity index is 0.00000256. The first-order valence-electron chi connectivity index (χ1n) is 5.60. The first-order chi connectivity index (χ1) is 7.54. The van der Waals surface area contributed by atoms with E-state index >= 15 is 0 Å². The summed E-state index contributed by atoms with van der Waals surface area (Å²) in [6, 6.07) is 6.20. The maximum atomic E-state index is 10.1. The molecular weight excluding hydrogens is 238 g/mol. The van der Waals surface area contributed by atoms with Gasteiger partial charge in [-0.1, -0.05) is 25.5 Å². The first kappa shape index (κ1) is 16.2. The van der Waals surface area contributed by atoms with Crippen molar-refractivity contribution in [3.8, 4) is 5.75 Å². The average Bonchev–Trinajstić information content (AvgIpc) is 2.25. The van der Waals surface area contributed by atoms with Crippen molar-refractivity contribution in [1.82, 2.24) is 5.32 Å². The Bertz CT molecular complexity index is 342. The van der Waals surface area contributed by atoms with Crippen molar-refractivity contribution in [2.45, 2.75) is 32.9 Å². The quantitative estimate of drug-likeness (QED) is 0.854. The summed E-state index contributed by atoms with van der Waals surface area (Å²) < 4.78 is 5.24. The molecule has 2 N–H and O–H groups in total. The van der Waals surface area contributed by atoms with E-state index in [1.165, 1.54) is 0 Å². The maximum absolute atomic E-state index is 10.1. The van der Waals surface area contributed by atoms with Crippen molar-refractivity contribution in [1.29, 1.82) is 0 Å². The molecule has 0 bridgehead atoms. The fraction of sp³-hybridized carbons (Fsp3) is 0.538. The van der Waals surface area contributed by atoms with Gasteiger partial charge >= 0.3 is 0 Å². The van der Waals surface area contributed by atoms with E-state index in [4.69, 9.17) is 4.74 Å². The normalized spacial score (nSPS) is 12.1. The van der Waals surface area contributed by atoms with E-state index in [0.717, 1.165) is 16.9 Å². The summed E-state index contributed by atoms with van der Waals surface area (Å²) >= 11 is 0. The summed E-state index contributed by atoms with van der Waals surface area (Å²) in [6.07, 6.45) is -0.530. The number of aryl methyl sites for hydroxylation is 1. The molecule has 0 saturated heterocycles. The molecule has 1 aromatic carbocycles. The Hall–Kier alpha value is -0.770. The highest BCUT2D eigenvalue weighted by atomic mass is 35.5. The summed E-state index contributed by atoms with van der Waals surface area (Å²) in [5, 5.41) is 13.3. The van der Waals surface area contributed by atoms with Gasteiger partial charge in [-0.3, -0.25) is 0 Å². The number of benzene rings is 1. The molecule has 0 fully saturated rings. The second-order valence-corrected chi connectivity index (χ2v) is 4.32. The minimum Gasteiger partial charge on any atom is -0.496 e. The zero-order valence-electron chi connectivity index (χ0n) is 10.9. The average molecular weight is 260 g/mol. The molecule has 0 radical (unpaired) electrons. The number of ether oxygens (including phenoxy) is 1. The van der Waals surface area contributed by atoms with Gasteiger partial charge in [0.25, 0.3) is 0 Å². The van der Waals surface area contributed by atoms with Crippen LogP contribution in [0.2, 0.25) is 0 Å². The van der Waals surface area contributed by atoms with Crippen LogP contribution in [-0.4, -0.2) is 24.8 Å². The molecule has 0 aromatic heterocycles. The summed E-state index contributed by atoms with van der Waals surface area (Å²) in [7, 11) is 1.62. The fourth-order valence-electron chi connectivity index (χ4n) is 1.57. The number of hydrogen-bond donors (Lipinski definition) is 2. The van der Waals surface area contributed by atoms with Crippen molar-refractivity contribution < 1.29 is 9.84 Å². The highest BCUT2D eigenvalue weighted by molar-refractivity contribution is 5.85. The van der Waals surface area contributed by atoms with Gasteiger partial charge in [-0.2, -0.15) is 0 Å². The van der Waals surface area contributed by atoms with Gasteiger partial charge in [-0.15, -0.1) is 12.4 Å². The molecule has 1 aromatic rings. The fourth-order valence-corrected chi connectivity index (χ4v) is 1.57. The highest BCUT2D eigenvalue weighted by Gasteiger charge is 2.13. The molecule has 0 aliphatic heterocycles. The van der Waals surface area contributed by atoms with Crippen LogP contribution in [0.3, 0.4) is 0 Å². The van der Waals surface area contributed by atoms with Crippen LogP contribution >= 0.6 is 12.4 Å². The number of hydrogen-bond acceptors (Lipinski definition) is 3. The van der Waals surface area contributed by atoms with Crippen LogP contribution in [-0.2, 0) is 0 Å². The molecule has 0 heterocycles. The molecule has 1 unspecified atom stereocenters. The molecule has 0 saturated carbocycles. The van der Waals surface area contributed by atoms with Gasteiger partial charge in [-0.25, -0.2) is 0 Å². The van der Waals surface area contributed by atoms with E-state index in [-0.39, 0.29) is 12.4 Å². The zero-order valence-corrected chi connectivity index (χ0v) is 11.7. The van der Waals surface area contributed by atoms with E-state index in [9.17, 15) is 5.11 Å². The molecule has 98 valence electrons. The maximum Gasteiger partial charge on any atom is 0.124 e. The van der Waals surface area contributed by atoms with Crippen molar-refractivity contribution in [2.24, 2.45) is 0 Å². The van der Waals surface area contributed by atoms with Gasteiger partial charge in [-0.05, 0) is 19.1 Å². The lowest BCUT2D eigenvalue weighted by Crippen LogP contribution is -2.28. The number of halogens is 1. The second-order valence-electron chi connectivity index (χ2n) is 4.32. The molecule has 0 aliphatic carbocycles. The zero-order chi connectivity index (χ0) is 12.1. The summed E-state index contributed by atoms with van der Waals surface area (Å²) in [6.45, 7) is 6.66. The Morgan fingerprint density at radius 2 is 2.00 bits per heavy atom. The van der Waals surface area contributed by atoms with Crippen LogP contribution in [0, 0.1) is 6.92 Å². The SMILES string of the molecule is COc1ccc(C)cc1C(O)CNC(C)C.Cl. The molecular formula is C13H22ClNO2. The van der Waals surface area contributed by atoms with Crippen molar-refractivity contribution in [3.63, 3.8) is 0 Å². The number of nitrogens with one attached hydrogen (secondary N) is 1. The first-order valence-corrected chi connectivity index (χ1v) is 5.60. The van der Waals surface area contributed by atoms with Crippen LogP contribution < -0.4 is 10.1 Å². The predicted molar refractivity (Wildman–Crippen MR) is 73.1 cm³/mol. The van der Waals surface area contributed by atoms with E-state index in [1.54, 1.807) is 7.11 Å². The lowest BCUT2D eigenvalue weighted by molar-refractivity contribution is 0.167. The van der Waals surface area contributed by atoms with Gasteiger partial charge in [0.2, 0.25) is 0 Å². The third-order valence-electron chi connectivity index (χ3n) is 2.46. The molecule has 17 heavy (non-hydrogen) atoms. The van der Waals surface area contributed by atoms with Crippen LogP contribution in [0.5, 0.6) is 5.75 Å². The van der Waals surface area contributed by atoms with Gasteiger partial charge in [0.1, 0.15) is 5.75 Å². The Labute approximate surface area is 110 Å². The van der Waals surface area contributed by atoms with Crippen molar-refractivity contribution in [2.75, 3.05) is 13.7 Å². The van der Waals surface area contributed by atoms with Crippen LogP contribution in [0.25, 0.3) is 0 Å². The Morgan fingerprint density at radius 1 is 1.35 bits per heavy atom. The smallest absolute Gasteiger partial charge is 0.124 e. The van der Waals surface area contributed by atoms with Crippen LogP contribution in [0.1, 0.15) is 31.1 Å². The summed E-state index contributed by atoms with van der Waals surface area (Å²) in [4.78, 5) is 0. The van der Waals surface area contributed by atoms with Gasteiger partial charge in [0.05, 0.1) is 13.2 Å². The predicted octanol–water partition coefficient (Wildman–Crippen LogP) is 2.46. The van der Waals surface area contributed by atoms with Gasteiger partial charge in [0, 0.05) is 18.2 Å². The van der Waals surface area contributed by atoms with Gasteiger partial charge < -0.3 is 15.2 Å². The molecule has 1 rings (SSSR count). The number of rotatable bonds is 5. The van der Waals surface area contributed by atoms with Crippen molar-refractivity contribution >= 4 is 12.4 Å². The van der Waals surface area contributed by atoms with Gasteiger partial charge in [0.15, 0.2) is 0 Å². The molecule has 0 aliphatic rings. The third-order valence-corrected chi connectivity index (χ3v) is 2.46. The van der Waals surface area contributed by atoms with Crippen LogP contribution in [0.4, 0.5) is 0 Å². The van der Waals surface area contributed by atoms with E-state index in [1.807, 2.05) is 25.1 Å². The summed E-state index contributed by atoms with van der Waals surface area (Å²) in [5.74, 6) is 0.739. The molecule has 0 spiro atoms. The topological polar surface area (TPSA) is 41.5 Å². The number of methoxy groups -OCH3 is 1. The minimum absolute atomic E-state index is 0. The standard InChI is InChI=1S/C13H21NO2.ClH/c1-9(2)14-8-12(15)11-7-10(3)5-6-13(11)16-4;/h5-7,9,12,14-15H,8H2,1-4H3;1H. The van der Waals surface area contributed by atoms with Crippen LogP contribution in [0.15, 0.2) is 18.2 Å². The molecule has 4 heteroatoms. The second kappa shape index (κ2) is 7.54. The highest BCUT2D eigenvalue weighted by Crippen LogP contribution is 2.25. The number of aliphatic hydroxyl groups is 1. The lowest BCUT2D eigenvalue weighted by Gasteiger charge is -2.17. The third kappa shape index (κ3) is 4.94. The Morgan fingerprint density at radius 3 is 2.53 bits per heavy atom. The van der Waals surface area contributed by atoms with E-state index in [2.05, 4.69) is 19.2 Å². The largest absolute Gasteiger partial charge is 0.496 e. The molecule has 0 amide bonds. The lowest BCUT2D eigenvalue weighted by atomic mass is 10.0. The Kier molecular flexibility index (Phi) is 7.19. The number of aliphatic hydroxyl groups excluding tert-OH is 1.